The highest BCUT2D eigenvalue weighted by Crippen LogP contribution is 2.22. The van der Waals surface area contributed by atoms with Crippen molar-refractivity contribution in [1.29, 1.82) is 0 Å². The van der Waals surface area contributed by atoms with Crippen LogP contribution in [0.3, 0.4) is 0 Å². The second-order valence-electron chi connectivity index (χ2n) is 3.36. The van der Waals surface area contributed by atoms with E-state index in [4.69, 9.17) is 0 Å². The summed E-state index contributed by atoms with van der Waals surface area (Å²) in [4.78, 5) is 18.6. The van der Waals surface area contributed by atoms with Crippen LogP contribution in [0.5, 0.6) is 0 Å². The molecule has 1 N–H and O–H groups in total. The molecule has 0 spiro atoms. The van der Waals surface area contributed by atoms with E-state index >= 15 is 0 Å². The Hall–Kier alpha value is -0.720. The first-order valence-corrected chi connectivity index (χ1v) is 5.48. The van der Waals surface area contributed by atoms with Crippen LogP contribution in [0.15, 0.2) is 0 Å². The molecule has 16 heavy (non-hydrogen) atoms. The average molecular weight is 302 g/mol. The maximum atomic E-state index is 12.6. The normalized spacial score (nSPS) is 15.1. The third-order valence-electron chi connectivity index (χ3n) is 2.21. The number of carbonyl (C=O) groups is 2. The van der Waals surface area contributed by atoms with Gasteiger partial charge in [-0.2, -0.15) is 8.78 Å². The Morgan fingerprint density at radius 2 is 2.00 bits per heavy atom. The summed E-state index contributed by atoms with van der Waals surface area (Å²) < 4.78 is 29.6. The van der Waals surface area contributed by atoms with E-state index in [0.717, 1.165) is 7.11 Å². The largest absolute Gasteiger partial charge is 0.467 e. The fraction of sp³-hybridized carbons (Fsp3) is 0.778. The molecule has 0 fully saturated rings. The second kappa shape index (κ2) is 6.12. The second-order valence-corrected chi connectivity index (χ2v) is 4.35. The lowest BCUT2D eigenvalue weighted by atomic mass is 9.99. The van der Waals surface area contributed by atoms with Crippen molar-refractivity contribution in [2.45, 2.75) is 31.1 Å². The van der Waals surface area contributed by atoms with E-state index in [1.54, 1.807) is 13.8 Å². The molecule has 0 aromatic rings. The van der Waals surface area contributed by atoms with Gasteiger partial charge in [0, 0.05) is 15.9 Å². The SMILES string of the molecule is CC[C@H](C)[C@H](NC(=O)C(F)(F)Br)C(=O)OC. The van der Waals surface area contributed by atoms with E-state index in [9.17, 15) is 18.4 Å². The topological polar surface area (TPSA) is 55.4 Å². The minimum absolute atomic E-state index is 0.286. The average Bonchev–Trinajstić information content (AvgIpc) is 2.21. The molecule has 0 bridgehead atoms. The Morgan fingerprint density at radius 3 is 2.31 bits per heavy atom. The minimum atomic E-state index is -3.69. The number of esters is 1. The molecule has 0 aromatic carbocycles. The number of amides is 1. The van der Waals surface area contributed by atoms with Gasteiger partial charge in [0.1, 0.15) is 6.04 Å². The monoisotopic (exact) mass is 301 g/mol. The van der Waals surface area contributed by atoms with Crippen LogP contribution in [0.4, 0.5) is 8.78 Å². The molecular weight excluding hydrogens is 288 g/mol. The van der Waals surface area contributed by atoms with Crippen molar-refractivity contribution in [2.24, 2.45) is 5.92 Å². The number of ether oxygens (including phenoxy) is 1. The first-order valence-electron chi connectivity index (χ1n) is 4.69. The smallest absolute Gasteiger partial charge is 0.377 e. The Kier molecular flexibility index (Phi) is 5.85. The van der Waals surface area contributed by atoms with Gasteiger partial charge in [0.25, 0.3) is 0 Å². The molecule has 0 heterocycles. The van der Waals surface area contributed by atoms with Gasteiger partial charge in [0.15, 0.2) is 0 Å². The fourth-order valence-electron chi connectivity index (χ4n) is 1.02. The van der Waals surface area contributed by atoms with Crippen LogP contribution in [0.25, 0.3) is 0 Å². The lowest BCUT2D eigenvalue weighted by molar-refractivity contribution is -0.149. The first kappa shape index (κ1) is 15.3. The lowest BCUT2D eigenvalue weighted by Gasteiger charge is -2.22. The third kappa shape index (κ3) is 4.42. The van der Waals surface area contributed by atoms with Crippen molar-refractivity contribution < 1.29 is 23.1 Å². The van der Waals surface area contributed by atoms with Crippen LogP contribution in [-0.4, -0.2) is 29.9 Å². The Balaban J connectivity index is 4.69. The Bertz CT molecular complexity index is 268. The lowest BCUT2D eigenvalue weighted by Crippen LogP contribution is -2.49. The molecule has 0 rings (SSSR count). The molecule has 0 aromatic heterocycles. The summed E-state index contributed by atoms with van der Waals surface area (Å²) >= 11 is 1.92. The molecule has 0 aliphatic heterocycles. The zero-order valence-electron chi connectivity index (χ0n) is 9.22. The van der Waals surface area contributed by atoms with Crippen LogP contribution in [0.1, 0.15) is 20.3 Å². The van der Waals surface area contributed by atoms with Gasteiger partial charge in [0.05, 0.1) is 7.11 Å². The predicted molar refractivity (Wildman–Crippen MR) is 57.3 cm³/mol. The molecule has 2 atom stereocenters. The first-order chi connectivity index (χ1) is 7.23. The van der Waals surface area contributed by atoms with E-state index in [1.807, 2.05) is 21.2 Å². The number of rotatable bonds is 5. The molecule has 0 saturated carbocycles. The number of methoxy groups -OCH3 is 1. The van der Waals surface area contributed by atoms with Crippen LogP contribution in [0.2, 0.25) is 0 Å². The number of hydrogen-bond donors (Lipinski definition) is 1. The number of carbonyl (C=O) groups excluding carboxylic acids is 2. The summed E-state index contributed by atoms with van der Waals surface area (Å²) in [5.74, 6) is -2.58. The van der Waals surface area contributed by atoms with Crippen molar-refractivity contribution in [3.63, 3.8) is 0 Å². The van der Waals surface area contributed by atoms with Gasteiger partial charge in [-0.1, -0.05) is 20.3 Å². The third-order valence-corrected chi connectivity index (χ3v) is 2.57. The van der Waals surface area contributed by atoms with Gasteiger partial charge in [0.2, 0.25) is 0 Å². The molecule has 0 radical (unpaired) electrons. The molecule has 0 aliphatic carbocycles. The Morgan fingerprint density at radius 1 is 1.50 bits per heavy atom. The van der Waals surface area contributed by atoms with Gasteiger partial charge in [-0.15, -0.1) is 0 Å². The van der Waals surface area contributed by atoms with E-state index in [-0.39, 0.29) is 5.92 Å². The number of alkyl halides is 3. The quantitative estimate of drug-likeness (QED) is 0.621. The molecule has 94 valence electrons. The fourth-order valence-corrected chi connectivity index (χ4v) is 1.13. The molecule has 0 unspecified atom stereocenters. The van der Waals surface area contributed by atoms with Crippen molar-refractivity contribution >= 4 is 27.8 Å². The summed E-state index contributed by atoms with van der Waals surface area (Å²) in [5.41, 5.74) is 0. The molecule has 0 aliphatic rings. The van der Waals surface area contributed by atoms with E-state index in [2.05, 4.69) is 4.74 Å². The van der Waals surface area contributed by atoms with Crippen molar-refractivity contribution in [1.82, 2.24) is 5.32 Å². The highest BCUT2D eigenvalue weighted by Gasteiger charge is 2.38. The van der Waals surface area contributed by atoms with Crippen molar-refractivity contribution in [3.05, 3.63) is 0 Å². The molecular formula is C9H14BrF2NO3. The van der Waals surface area contributed by atoms with Crippen LogP contribution >= 0.6 is 15.9 Å². The maximum Gasteiger partial charge on any atom is 0.377 e. The van der Waals surface area contributed by atoms with Gasteiger partial charge < -0.3 is 10.1 Å². The standard InChI is InChI=1S/C9H14BrF2NO3/c1-4-5(2)6(7(14)16-3)13-8(15)9(10,11)12/h5-6H,4H2,1-3H3,(H,13,15)/t5-,6-/m0/s1. The maximum absolute atomic E-state index is 12.6. The van der Waals surface area contributed by atoms with Crippen molar-refractivity contribution in [3.8, 4) is 0 Å². The van der Waals surface area contributed by atoms with Gasteiger partial charge in [-0.25, -0.2) is 4.79 Å². The minimum Gasteiger partial charge on any atom is -0.467 e. The number of hydrogen-bond acceptors (Lipinski definition) is 3. The summed E-state index contributed by atoms with van der Waals surface area (Å²) in [5, 5.41) is 1.95. The van der Waals surface area contributed by atoms with Gasteiger partial charge in [-0.3, -0.25) is 4.79 Å². The Labute approximate surface area is 101 Å². The number of nitrogens with one attached hydrogen (secondary N) is 1. The van der Waals surface area contributed by atoms with Crippen LogP contribution < -0.4 is 5.32 Å². The summed E-state index contributed by atoms with van der Waals surface area (Å²) in [6.07, 6.45) is 0.550. The van der Waals surface area contributed by atoms with Gasteiger partial charge in [-0.05, 0) is 5.92 Å². The molecule has 1 amide bonds. The van der Waals surface area contributed by atoms with Crippen molar-refractivity contribution in [2.75, 3.05) is 7.11 Å². The zero-order valence-corrected chi connectivity index (χ0v) is 10.8. The molecule has 0 saturated heterocycles. The number of halogens is 3. The highest BCUT2D eigenvalue weighted by atomic mass is 79.9. The summed E-state index contributed by atoms with van der Waals surface area (Å²) in [7, 11) is 1.14. The van der Waals surface area contributed by atoms with Crippen LogP contribution in [0, 0.1) is 5.92 Å². The van der Waals surface area contributed by atoms with E-state index in [0.29, 0.717) is 6.42 Å². The summed E-state index contributed by atoms with van der Waals surface area (Å²) in [6.45, 7) is 3.44. The predicted octanol–water partition coefficient (Wildman–Crippen LogP) is 1.68. The molecule has 7 heteroatoms. The zero-order chi connectivity index (χ0) is 12.9. The van der Waals surface area contributed by atoms with E-state index in [1.165, 1.54) is 0 Å². The van der Waals surface area contributed by atoms with Crippen LogP contribution in [-0.2, 0) is 14.3 Å². The van der Waals surface area contributed by atoms with Gasteiger partial charge >= 0.3 is 16.7 Å². The van der Waals surface area contributed by atoms with E-state index < -0.39 is 22.8 Å². The summed E-state index contributed by atoms with van der Waals surface area (Å²) in [6, 6.07) is -1.06. The highest BCUT2D eigenvalue weighted by molar-refractivity contribution is 9.10. The molecule has 4 nitrogen and oxygen atoms in total.